The highest BCUT2D eigenvalue weighted by molar-refractivity contribution is 5.27. The van der Waals surface area contributed by atoms with Crippen molar-refractivity contribution < 1.29 is 4.74 Å². The number of benzene rings is 1. The van der Waals surface area contributed by atoms with Gasteiger partial charge >= 0.3 is 0 Å². The zero-order chi connectivity index (χ0) is 8.10. The van der Waals surface area contributed by atoms with Crippen LogP contribution in [0, 0.1) is 0 Å². The lowest BCUT2D eigenvalue weighted by Crippen LogP contribution is -1.77. The van der Waals surface area contributed by atoms with Gasteiger partial charge in [-0.25, -0.2) is 0 Å². The summed E-state index contributed by atoms with van der Waals surface area (Å²) >= 11 is 0. The normalized spacial score (nSPS) is 13.3. The Labute approximate surface area is 68.0 Å². The quantitative estimate of drug-likeness (QED) is 0.552. The van der Waals surface area contributed by atoms with Crippen molar-refractivity contribution in [3.05, 3.63) is 35.4 Å². The van der Waals surface area contributed by atoms with E-state index in [1.165, 1.54) is 11.1 Å². The molecule has 1 heterocycles. The first-order valence-electron chi connectivity index (χ1n) is 4.11. The fourth-order valence-corrected chi connectivity index (χ4v) is 1.11. The molecule has 11 heavy (non-hydrogen) atoms. The molecule has 0 spiro atoms. The molecular formula is C10H14O. The van der Waals surface area contributed by atoms with E-state index in [0.717, 1.165) is 13.2 Å². The third-order valence-electron chi connectivity index (χ3n) is 1.63. The van der Waals surface area contributed by atoms with E-state index in [-0.39, 0.29) is 0 Å². The molecule has 0 saturated carbocycles. The van der Waals surface area contributed by atoms with E-state index in [1.54, 1.807) is 0 Å². The molecule has 1 aromatic rings. The van der Waals surface area contributed by atoms with Crippen molar-refractivity contribution in [2.45, 2.75) is 27.1 Å². The Kier molecular flexibility index (Phi) is 3.12. The molecule has 0 unspecified atom stereocenters. The van der Waals surface area contributed by atoms with E-state index < -0.39 is 0 Å². The molecule has 0 saturated heterocycles. The lowest BCUT2D eigenvalue weighted by atomic mass is 10.1. The van der Waals surface area contributed by atoms with Gasteiger partial charge in [-0.3, -0.25) is 0 Å². The first-order chi connectivity index (χ1) is 5.47. The van der Waals surface area contributed by atoms with Crippen LogP contribution in [-0.2, 0) is 18.0 Å². The largest absolute Gasteiger partial charge is 0.372 e. The Morgan fingerprint density at radius 2 is 1.45 bits per heavy atom. The minimum Gasteiger partial charge on any atom is -0.372 e. The molecule has 0 amide bonds. The van der Waals surface area contributed by atoms with E-state index in [2.05, 4.69) is 12.1 Å². The van der Waals surface area contributed by atoms with E-state index in [4.69, 9.17) is 4.74 Å². The number of fused-ring (bicyclic) bond motifs is 1. The second kappa shape index (κ2) is 4.14. The van der Waals surface area contributed by atoms with Crippen LogP contribution in [0.2, 0.25) is 0 Å². The average molecular weight is 150 g/mol. The van der Waals surface area contributed by atoms with Crippen LogP contribution in [0.15, 0.2) is 24.3 Å². The zero-order valence-electron chi connectivity index (χ0n) is 7.13. The van der Waals surface area contributed by atoms with Gasteiger partial charge in [-0.2, -0.15) is 0 Å². The van der Waals surface area contributed by atoms with Crippen molar-refractivity contribution in [3.63, 3.8) is 0 Å². The Balaban J connectivity index is 0.000000281. The molecule has 0 aromatic heterocycles. The van der Waals surface area contributed by atoms with Gasteiger partial charge in [-0.15, -0.1) is 0 Å². The highest BCUT2D eigenvalue weighted by Gasteiger charge is 2.07. The first kappa shape index (κ1) is 8.28. The van der Waals surface area contributed by atoms with E-state index in [0.29, 0.717) is 0 Å². The van der Waals surface area contributed by atoms with Crippen molar-refractivity contribution in [1.82, 2.24) is 0 Å². The topological polar surface area (TPSA) is 9.23 Å². The van der Waals surface area contributed by atoms with Crippen LogP contribution in [0.1, 0.15) is 25.0 Å². The summed E-state index contributed by atoms with van der Waals surface area (Å²) in [5, 5.41) is 0. The summed E-state index contributed by atoms with van der Waals surface area (Å²) in [7, 11) is 0. The number of hydrogen-bond acceptors (Lipinski definition) is 1. The predicted molar refractivity (Wildman–Crippen MR) is 46.3 cm³/mol. The van der Waals surface area contributed by atoms with Crippen molar-refractivity contribution >= 4 is 0 Å². The number of rotatable bonds is 0. The molecule has 0 radical (unpaired) electrons. The summed E-state index contributed by atoms with van der Waals surface area (Å²) in [6.45, 7) is 5.60. The summed E-state index contributed by atoms with van der Waals surface area (Å²) in [6, 6.07) is 8.33. The molecule has 1 aliphatic heterocycles. The lowest BCUT2D eigenvalue weighted by molar-refractivity contribution is 0.134. The SMILES string of the molecule is CC.c1ccc2c(c1)COC2. The molecule has 0 N–H and O–H groups in total. The zero-order valence-corrected chi connectivity index (χ0v) is 7.13. The summed E-state index contributed by atoms with van der Waals surface area (Å²) in [6.07, 6.45) is 0. The molecule has 2 rings (SSSR count). The lowest BCUT2D eigenvalue weighted by Gasteiger charge is -1.90. The molecule has 60 valence electrons. The van der Waals surface area contributed by atoms with Crippen LogP contribution in [0.25, 0.3) is 0 Å². The molecule has 1 aromatic carbocycles. The average Bonchev–Trinajstić information content (AvgIpc) is 2.55. The highest BCUT2D eigenvalue weighted by atomic mass is 16.5. The molecule has 0 aliphatic carbocycles. The van der Waals surface area contributed by atoms with Crippen molar-refractivity contribution in [2.75, 3.05) is 0 Å². The predicted octanol–water partition coefficient (Wildman–Crippen LogP) is 2.74. The molecular weight excluding hydrogens is 136 g/mol. The second-order valence-electron chi connectivity index (χ2n) is 2.26. The Morgan fingerprint density at radius 1 is 1.00 bits per heavy atom. The van der Waals surface area contributed by atoms with Gasteiger partial charge in [0.05, 0.1) is 13.2 Å². The maximum Gasteiger partial charge on any atom is 0.0724 e. The van der Waals surface area contributed by atoms with Gasteiger partial charge < -0.3 is 4.74 Å². The Morgan fingerprint density at radius 3 is 1.91 bits per heavy atom. The third-order valence-corrected chi connectivity index (χ3v) is 1.63. The van der Waals surface area contributed by atoms with E-state index >= 15 is 0 Å². The van der Waals surface area contributed by atoms with Gasteiger partial charge in [-0.05, 0) is 11.1 Å². The second-order valence-corrected chi connectivity index (χ2v) is 2.26. The van der Waals surface area contributed by atoms with Crippen molar-refractivity contribution in [3.8, 4) is 0 Å². The van der Waals surface area contributed by atoms with Crippen LogP contribution < -0.4 is 0 Å². The summed E-state index contributed by atoms with van der Waals surface area (Å²) in [5.41, 5.74) is 2.69. The van der Waals surface area contributed by atoms with Gasteiger partial charge in [0.15, 0.2) is 0 Å². The molecule has 1 nitrogen and oxygen atoms in total. The van der Waals surface area contributed by atoms with Gasteiger partial charge in [0.25, 0.3) is 0 Å². The fraction of sp³-hybridized carbons (Fsp3) is 0.400. The molecule has 0 bridgehead atoms. The number of hydrogen-bond donors (Lipinski definition) is 0. The van der Waals surface area contributed by atoms with Gasteiger partial charge in [0.2, 0.25) is 0 Å². The van der Waals surface area contributed by atoms with Crippen LogP contribution >= 0.6 is 0 Å². The Bertz CT molecular complexity index is 195. The maximum atomic E-state index is 5.21. The Hall–Kier alpha value is -0.820. The van der Waals surface area contributed by atoms with Crippen LogP contribution in [0.3, 0.4) is 0 Å². The summed E-state index contributed by atoms with van der Waals surface area (Å²) in [4.78, 5) is 0. The first-order valence-corrected chi connectivity index (χ1v) is 4.11. The van der Waals surface area contributed by atoms with Gasteiger partial charge in [-0.1, -0.05) is 38.1 Å². The van der Waals surface area contributed by atoms with Gasteiger partial charge in [0, 0.05) is 0 Å². The van der Waals surface area contributed by atoms with Gasteiger partial charge in [0.1, 0.15) is 0 Å². The highest BCUT2D eigenvalue weighted by Crippen LogP contribution is 2.17. The summed E-state index contributed by atoms with van der Waals surface area (Å²) < 4.78 is 5.21. The van der Waals surface area contributed by atoms with Crippen LogP contribution in [0.4, 0.5) is 0 Å². The molecule has 0 fully saturated rings. The fourth-order valence-electron chi connectivity index (χ4n) is 1.11. The maximum absolute atomic E-state index is 5.21. The summed E-state index contributed by atoms with van der Waals surface area (Å²) in [5.74, 6) is 0. The molecule has 1 aliphatic rings. The standard InChI is InChI=1S/C8H8O.C2H6/c1-2-4-8-6-9-5-7(8)3-1;1-2/h1-4H,5-6H2;1-2H3. The third kappa shape index (κ3) is 1.81. The van der Waals surface area contributed by atoms with E-state index in [1.807, 2.05) is 26.0 Å². The van der Waals surface area contributed by atoms with E-state index in [9.17, 15) is 0 Å². The minimum atomic E-state index is 0.802. The smallest absolute Gasteiger partial charge is 0.0724 e. The molecule has 1 heteroatoms. The van der Waals surface area contributed by atoms with Crippen molar-refractivity contribution in [1.29, 1.82) is 0 Å². The monoisotopic (exact) mass is 150 g/mol. The van der Waals surface area contributed by atoms with Crippen LogP contribution in [0.5, 0.6) is 0 Å². The van der Waals surface area contributed by atoms with Crippen molar-refractivity contribution in [2.24, 2.45) is 0 Å². The molecule has 0 atom stereocenters. The number of ether oxygens (including phenoxy) is 1. The minimum absolute atomic E-state index is 0.802. The van der Waals surface area contributed by atoms with Crippen LogP contribution in [-0.4, -0.2) is 0 Å².